The topological polar surface area (TPSA) is 51.4 Å². The zero-order valence-corrected chi connectivity index (χ0v) is 9.94. The van der Waals surface area contributed by atoms with Crippen LogP contribution < -0.4 is 10.6 Å². The molecule has 1 aromatic heterocycles. The van der Waals surface area contributed by atoms with Gasteiger partial charge in [0.2, 0.25) is 0 Å². The molecule has 4 heteroatoms. The lowest BCUT2D eigenvalue weighted by atomic mass is 9.95. The minimum atomic E-state index is -0.0542. The van der Waals surface area contributed by atoms with E-state index in [-0.39, 0.29) is 5.60 Å². The van der Waals surface area contributed by atoms with Gasteiger partial charge in [0.25, 0.3) is 0 Å². The molecule has 2 rings (SSSR count). The van der Waals surface area contributed by atoms with Gasteiger partial charge in [-0.05, 0) is 31.9 Å². The molecule has 1 aliphatic rings. The average molecular weight is 221 g/mol. The molecule has 1 unspecified atom stereocenters. The van der Waals surface area contributed by atoms with Gasteiger partial charge < -0.3 is 15.4 Å². The number of hydrogen-bond donors (Lipinski definition) is 1. The standard InChI is InChI=1S/C12H19N3O/c1-12(16-2)6-3-7-15(9-12)11-5-4-10(13)8-14-11/h4-5,8H,3,6-7,9,13H2,1-2H3. The van der Waals surface area contributed by atoms with E-state index in [9.17, 15) is 0 Å². The number of nitrogen functional groups attached to an aromatic ring is 1. The molecular weight excluding hydrogens is 202 g/mol. The molecule has 2 N–H and O–H groups in total. The Hall–Kier alpha value is -1.29. The molecule has 0 amide bonds. The number of piperidine rings is 1. The van der Waals surface area contributed by atoms with Crippen molar-refractivity contribution in [1.82, 2.24) is 4.98 Å². The first kappa shape index (κ1) is 11.2. The van der Waals surface area contributed by atoms with Crippen molar-refractivity contribution in [2.24, 2.45) is 0 Å². The fourth-order valence-corrected chi connectivity index (χ4v) is 2.15. The molecule has 1 saturated heterocycles. The number of rotatable bonds is 2. The van der Waals surface area contributed by atoms with Crippen LogP contribution in [0.3, 0.4) is 0 Å². The highest BCUT2D eigenvalue weighted by Crippen LogP contribution is 2.26. The number of nitrogens with zero attached hydrogens (tertiary/aromatic N) is 2. The predicted octanol–water partition coefficient (Wildman–Crippen LogP) is 1.67. The van der Waals surface area contributed by atoms with E-state index in [4.69, 9.17) is 10.5 Å². The van der Waals surface area contributed by atoms with Crippen LogP contribution in [0.25, 0.3) is 0 Å². The molecule has 1 aliphatic heterocycles. The van der Waals surface area contributed by atoms with Crippen LogP contribution in [0.4, 0.5) is 11.5 Å². The molecule has 1 atom stereocenters. The maximum Gasteiger partial charge on any atom is 0.128 e. The minimum Gasteiger partial charge on any atom is -0.397 e. The van der Waals surface area contributed by atoms with Crippen molar-refractivity contribution in [3.63, 3.8) is 0 Å². The fourth-order valence-electron chi connectivity index (χ4n) is 2.15. The van der Waals surface area contributed by atoms with Crippen LogP contribution in [0.1, 0.15) is 19.8 Å². The summed E-state index contributed by atoms with van der Waals surface area (Å²) in [7, 11) is 1.78. The third-order valence-electron chi connectivity index (χ3n) is 3.25. The Morgan fingerprint density at radius 3 is 2.94 bits per heavy atom. The summed E-state index contributed by atoms with van der Waals surface area (Å²) in [5, 5.41) is 0. The van der Waals surface area contributed by atoms with Gasteiger partial charge in [-0.15, -0.1) is 0 Å². The van der Waals surface area contributed by atoms with Crippen molar-refractivity contribution in [3.8, 4) is 0 Å². The van der Waals surface area contributed by atoms with Crippen LogP contribution in [0.5, 0.6) is 0 Å². The van der Waals surface area contributed by atoms with Gasteiger partial charge in [-0.1, -0.05) is 0 Å². The molecule has 88 valence electrons. The molecule has 0 saturated carbocycles. The van der Waals surface area contributed by atoms with E-state index in [0.29, 0.717) is 5.69 Å². The molecule has 1 aromatic rings. The Balaban J connectivity index is 2.12. The van der Waals surface area contributed by atoms with Gasteiger partial charge in [-0.3, -0.25) is 0 Å². The highest BCUT2D eigenvalue weighted by molar-refractivity contribution is 5.46. The number of nitrogens with two attached hydrogens (primary N) is 1. The van der Waals surface area contributed by atoms with Gasteiger partial charge in [-0.25, -0.2) is 4.98 Å². The Morgan fingerprint density at radius 2 is 2.31 bits per heavy atom. The molecule has 2 heterocycles. The summed E-state index contributed by atoms with van der Waals surface area (Å²) in [4.78, 5) is 6.60. The van der Waals surface area contributed by atoms with Crippen molar-refractivity contribution in [2.45, 2.75) is 25.4 Å². The van der Waals surface area contributed by atoms with Crippen LogP contribution >= 0.6 is 0 Å². The van der Waals surface area contributed by atoms with Crippen LogP contribution in [-0.2, 0) is 4.74 Å². The van der Waals surface area contributed by atoms with Crippen molar-refractivity contribution < 1.29 is 4.74 Å². The first-order valence-electron chi connectivity index (χ1n) is 5.65. The highest BCUT2D eigenvalue weighted by Gasteiger charge is 2.31. The van der Waals surface area contributed by atoms with Crippen molar-refractivity contribution in [3.05, 3.63) is 18.3 Å². The molecule has 0 radical (unpaired) electrons. The second-order valence-corrected chi connectivity index (χ2v) is 4.63. The van der Waals surface area contributed by atoms with Crippen LogP contribution in [0.15, 0.2) is 18.3 Å². The Morgan fingerprint density at radius 1 is 1.50 bits per heavy atom. The number of anilines is 2. The van der Waals surface area contributed by atoms with E-state index in [1.54, 1.807) is 13.3 Å². The predicted molar refractivity (Wildman–Crippen MR) is 65.5 cm³/mol. The molecule has 1 fully saturated rings. The zero-order valence-electron chi connectivity index (χ0n) is 9.94. The molecule has 16 heavy (non-hydrogen) atoms. The second kappa shape index (κ2) is 4.29. The fraction of sp³-hybridized carbons (Fsp3) is 0.583. The molecule has 0 bridgehead atoms. The van der Waals surface area contributed by atoms with Crippen LogP contribution in [0, 0.1) is 0 Å². The Labute approximate surface area is 96.4 Å². The Kier molecular flexibility index (Phi) is 3.01. The Bertz CT molecular complexity index is 352. The van der Waals surface area contributed by atoms with Gasteiger partial charge in [0.15, 0.2) is 0 Å². The summed E-state index contributed by atoms with van der Waals surface area (Å²) in [6.45, 7) is 4.08. The normalized spacial score (nSPS) is 25.8. The van der Waals surface area contributed by atoms with Gasteiger partial charge in [-0.2, -0.15) is 0 Å². The lowest BCUT2D eigenvalue weighted by molar-refractivity contribution is -0.00481. The maximum atomic E-state index is 5.63. The second-order valence-electron chi connectivity index (χ2n) is 4.63. The molecule has 4 nitrogen and oxygen atoms in total. The maximum absolute atomic E-state index is 5.63. The summed E-state index contributed by atoms with van der Waals surface area (Å²) >= 11 is 0. The average Bonchev–Trinajstić information content (AvgIpc) is 2.30. The lowest BCUT2D eigenvalue weighted by Gasteiger charge is -2.40. The molecular formula is C12H19N3O. The smallest absolute Gasteiger partial charge is 0.128 e. The first-order valence-corrected chi connectivity index (χ1v) is 5.65. The number of hydrogen-bond acceptors (Lipinski definition) is 4. The number of aromatic nitrogens is 1. The summed E-state index contributed by atoms with van der Waals surface area (Å²) in [6, 6.07) is 3.86. The van der Waals surface area contributed by atoms with Crippen molar-refractivity contribution in [2.75, 3.05) is 30.8 Å². The number of ether oxygens (including phenoxy) is 1. The summed E-state index contributed by atoms with van der Waals surface area (Å²) in [5.74, 6) is 0.983. The van der Waals surface area contributed by atoms with Crippen molar-refractivity contribution in [1.29, 1.82) is 0 Å². The molecule has 0 aliphatic carbocycles. The quantitative estimate of drug-likeness (QED) is 0.825. The number of pyridine rings is 1. The minimum absolute atomic E-state index is 0.0542. The van der Waals surface area contributed by atoms with Gasteiger partial charge in [0.1, 0.15) is 5.82 Å². The number of methoxy groups -OCH3 is 1. The summed E-state index contributed by atoms with van der Waals surface area (Å²) in [5.41, 5.74) is 6.28. The van der Waals surface area contributed by atoms with Gasteiger partial charge in [0.05, 0.1) is 17.5 Å². The van der Waals surface area contributed by atoms with Crippen LogP contribution in [0.2, 0.25) is 0 Å². The zero-order chi connectivity index (χ0) is 11.6. The summed E-state index contributed by atoms with van der Waals surface area (Å²) < 4.78 is 5.56. The summed E-state index contributed by atoms with van der Waals surface area (Å²) in [6.07, 6.45) is 3.94. The van der Waals surface area contributed by atoms with E-state index >= 15 is 0 Å². The van der Waals surface area contributed by atoms with E-state index in [1.807, 2.05) is 12.1 Å². The van der Waals surface area contributed by atoms with E-state index in [0.717, 1.165) is 31.7 Å². The third kappa shape index (κ3) is 2.27. The SMILES string of the molecule is COC1(C)CCCN(c2ccc(N)cn2)C1. The van der Waals surface area contributed by atoms with Crippen LogP contribution in [-0.4, -0.2) is 30.8 Å². The van der Waals surface area contributed by atoms with Gasteiger partial charge >= 0.3 is 0 Å². The van der Waals surface area contributed by atoms with E-state index in [2.05, 4.69) is 16.8 Å². The molecule has 0 aromatic carbocycles. The van der Waals surface area contributed by atoms with Crippen molar-refractivity contribution >= 4 is 11.5 Å². The highest BCUT2D eigenvalue weighted by atomic mass is 16.5. The monoisotopic (exact) mass is 221 g/mol. The lowest BCUT2D eigenvalue weighted by Crippen LogP contribution is -2.47. The third-order valence-corrected chi connectivity index (χ3v) is 3.25. The first-order chi connectivity index (χ1) is 7.63. The largest absolute Gasteiger partial charge is 0.397 e. The van der Waals surface area contributed by atoms with E-state index < -0.39 is 0 Å². The van der Waals surface area contributed by atoms with Gasteiger partial charge in [0, 0.05) is 20.2 Å². The van der Waals surface area contributed by atoms with E-state index in [1.165, 1.54) is 0 Å². The molecule has 0 spiro atoms.